The maximum atomic E-state index is 9.86. The number of rotatable bonds is 4. The number of hydrogen-bond acceptors (Lipinski definition) is 3. The average Bonchev–Trinajstić information content (AvgIpc) is 2.21. The summed E-state index contributed by atoms with van der Waals surface area (Å²) >= 11 is 0. The lowest BCUT2D eigenvalue weighted by molar-refractivity contribution is 0.109. The molecule has 2 atom stereocenters. The summed E-state index contributed by atoms with van der Waals surface area (Å²) in [5, 5.41) is 9.86. The Bertz CT molecular complexity index is 234. The molecule has 0 saturated carbocycles. The van der Waals surface area contributed by atoms with E-state index in [9.17, 15) is 5.11 Å². The predicted molar refractivity (Wildman–Crippen MR) is 52.0 cm³/mol. The third-order valence-electron chi connectivity index (χ3n) is 2.30. The molecule has 0 bridgehead atoms. The molecule has 1 rings (SSSR count). The minimum atomic E-state index is -0.483. The molecule has 13 heavy (non-hydrogen) atoms. The van der Waals surface area contributed by atoms with E-state index < -0.39 is 6.10 Å². The number of aliphatic hydroxyl groups excluding tert-OH is 1. The zero-order valence-electron chi connectivity index (χ0n) is 7.85. The van der Waals surface area contributed by atoms with Gasteiger partial charge in [0.15, 0.2) is 0 Å². The molecule has 0 radical (unpaired) electrons. The van der Waals surface area contributed by atoms with Crippen molar-refractivity contribution in [1.82, 2.24) is 4.98 Å². The molecule has 0 aliphatic carbocycles. The number of hydrogen-bond donors (Lipinski definition) is 2. The van der Waals surface area contributed by atoms with Crippen LogP contribution in [0.5, 0.6) is 0 Å². The van der Waals surface area contributed by atoms with Gasteiger partial charge in [-0.05, 0) is 24.6 Å². The molecule has 3 nitrogen and oxygen atoms in total. The Hall–Kier alpha value is -0.930. The maximum absolute atomic E-state index is 9.86. The SMILES string of the molecule is CCC(CN)C(O)c1cccnc1. The summed E-state index contributed by atoms with van der Waals surface area (Å²) in [6, 6.07) is 3.69. The van der Waals surface area contributed by atoms with Crippen LogP contribution in [0.2, 0.25) is 0 Å². The Balaban J connectivity index is 2.72. The van der Waals surface area contributed by atoms with Crippen molar-refractivity contribution in [2.45, 2.75) is 19.4 Å². The summed E-state index contributed by atoms with van der Waals surface area (Å²) < 4.78 is 0. The second-order valence-electron chi connectivity index (χ2n) is 3.14. The molecule has 0 spiro atoms. The van der Waals surface area contributed by atoms with Gasteiger partial charge in [0.2, 0.25) is 0 Å². The third-order valence-corrected chi connectivity index (χ3v) is 2.30. The van der Waals surface area contributed by atoms with Crippen LogP contribution in [-0.4, -0.2) is 16.6 Å². The molecule has 0 fully saturated rings. The van der Waals surface area contributed by atoms with Crippen LogP contribution in [0.25, 0.3) is 0 Å². The Labute approximate surface area is 78.6 Å². The van der Waals surface area contributed by atoms with E-state index >= 15 is 0 Å². The zero-order chi connectivity index (χ0) is 9.68. The van der Waals surface area contributed by atoms with Gasteiger partial charge < -0.3 is 10.8 Å². The summed E-state index contributed by atoms with van der Waals surface area (Å²) in [5.41, 5.74) is 6.39. The summed E-state index contributed by atoms with van der Waals surface area (Å²) in [7, 11) is 0. The zero-order valence-corrected chi connectivity index (χ0v) is 7.85. The molecule has 1 aromatic rings. The van der Waals surface area contributed by atoms with E-state index in [1.807, 2.05) is 19.1 Å². The normalized spacial score (nSPS) is 15.3. The molecule has 1 heterocycles. The van der Waals surface area contributed by atoms with Crippen LogP contribution >= 0.6 is 0 Å². The molecule has 0 aromatic carbocycles. The number of aliphatic hydroxyl groups is 1. The van der Waals surface area contributed by atoms with Gasteiger partial charge in [0.05, 0.1) is 6.10 Å². The van der Waals surface area contributed by atoms with E-state index in [0.29, 0.717) is 6.54 Å². The monoisotopic (exact) mass is 180 g/mol. The summed E-state index contributed by atoms with van der Waals surface area (Å²) in [4.78, 5) is 3.96. The van der Waals surface area contributed by atoms with Crippen molar-refractivity contribution in [3.05, 3.63) is 30.1 Å². The Morgan fingerprint density at radius 2 is 2.38 bits per heavy atom. The second-order valence-corrected chi connectivity index (χ2v) is 3.14. The van der Waals surface area contributed by atoms with Crippen LogP contribution in [0.15, 0.2) is 24.5 Å². The van der Waals surface area contributed by atoms with Gasteiger partial charge in [-0.1, -0.05) is 13.0 Å². The lowest BCUT2D eigenvalue weighted by Crippen LogP contribution is -2.21. The van der Waals surface area contributed by atoms with Crippen LogP contribution in [0, 0.1) is 5.92 Å². The smallest absolute Gasteiger partial charge is 0.0844 e. The first-order chi connectivity index (χ1) is 6.29. The van der Waals surface area contributed by atoms with Crippen LogP contribution in [0.3, 0.4) is 0 Å². The highest BCUT2D eigenvalue weighted by molar-refractivity contribution is 5.12. The van der Waals surface area contributed by atoms with Gasteiger partial charge in [0.1, 0.15) is 0 Å². The largest absolute Gasteiger partial charge is 0.388 e. The molecule has 1 aromatic heterocycles. The van der Waals surface area contributed by atoms with Crippen LogP contribution < -0.4 is 5.73 Å². The molecule has 0 aliphatic rings. The quantitative estimate of drug-likeness (QED) is 0.729. The van der Waals surface area contributed by atoms with Crippen LogP contribution in [0.4, 0.5) is 0 Å². The first-order valence-electron chi connectivity index (χ1n) is 4.57. The fraction of sp³-hybridized carbons (Fsp3) is 0.500. The highest BCUT2D eigenvalue weighted by atomic mass is 16.3. The van der Waals surface area contributed by atoms with Crippen molar-refractivity contribution >= 4 is 0 Å². The Morgan fingerprint density at radius 1 is 1.62 bits per heavy atom. The molecule has 3 heteroatoms. The van der Waals surface area contributed by atoms with E-state index in [1.54, 1.807) is 12.4 Å². The molecule has 0 amide bonds. The molecule has 0 aliphatic heterocycles. The second kappa shape index (κ2) is 4.94. The summed E-state index contributed by atoms with van der Waals surface area (Å²) in [6.07, 6.45) is 3.78. The van der Waals surface area contributed by atoms with Crippen molar-refractivity contribution < 1.29 is 5.11 Å². The van der Waals surface area contributed by atoms with Crippen molar-refractivity contribution in [2.75, 3.05) is 6.54 Å². The minimum absolute atomic E-state index is 0.129. The van der Waals surface area contributed by atoms with Crippen molar-refractivity contribution in [3.8, 4) is 0 Å². The Kier molecular flexibility index (Phi) is 3.86. The number of nitrogens with two attached hydrogens (primary N) is 1. The predicted octanol–water partition coefficient (Wildman–Crippen LogP) is 1.10. The highest BCUT2D eigenvalue weighted by Gasteiger charge is 2.17. The minimum Gasteiger partial charge on any atom is -0.388 e. The molecular weight excluding hydrogens is 164 g/mol. The van der Waals surface area contributed by atoms with Gasteiger partial charge in [-0.2, -0.15) is 0 Å². The lowest BCUT2D eigenvalue weighted by Gasteiger charge is -2.19. The topological polar surface area (TPSA) is 59.1 Å². The van der Waals surface area contributed by atoms with Crippen molar-refractivity contribution in [3.63, 3.8) is 0 Å². The van der Waals surface area contributed by atoms with E-state index in [4.69, 9.17) is 5.73 Å². The van der Waals surface area contributed by atoms with Crippen LogP contribution in [0.1, 0.15) is 25.0 Å². The lowest BCUT2D eigenvalue weighted by atomic mass is 9.95. The molecule has 0 saturated heterocycles. The van der Waals surface area contributed by atoms with Gasteiger partial charge in [-0.15, -0.1) is 0 Å². The summed E-state index contributed by atoms with van der Waals surface area (Å²) in [5.74, 6) is 0.129. The molecular formula is C10H16N2O. The fourth-order valence-electron chi connectivity index (χ4n) is 1.34. The molecule has 72 valence electrons. The number of nitrogens with zero attached hydrogens (tertiary/aromatic N) is 1. The molecule has 3 N–H and O–H groups in total. The van der Waals surface area contributed by atoms with Gasteiger partial charge in [0, 0.05) is 18.3 Å². The van der Waals surface area contributed by atoms with Gasteiger partial charge in [0.25, 0.3) is 0 Å². The number of pyridine rings is 1. The summed E-state index contributed by atoms with van der Waals surface area (Å²) in [6.45, 7) is 2.53. The van der Waals surface area contributed by atoms with Crippen LogP contribution in [-0.2, 0) is 0 Å². The third kappa shape index (κ3) is 2.50. The highest BCUT2D eigenvalue weighted by Crippen LogP contribution is 2.22. The van der Waals surface area contributed by atoms with Gasteiger partial charge >= 0.3 is 0 Å². The maximum Gasteiger partial charge on any atom is 0.0844 e. The van der Waals surface area contributed by atoms with Crippen molar-refractivity contribution in [2.24, 2.45) is 11.7 Å². The first-order valence-corrected chi connectivity index (χ1v) is 4.57. The number of aromatic nitrogens is 1. The van der Waals surface area contributed by atoms with E-state index in [1.165, 1.54) is 0 Å². The van der Waals surface area contributed by atoms with E-state index in [2.05, 4.69) is 4.98 Å². The first kappa shape index (κ1) is 10.2. The fourth-order valence-corrected chi connectivity index (χ4v) is 1.34. The Morgan fingerprint density at radius 3 is 2.85 bits per heavy atom. The molecule has 2 unspecified atom stereocenters. The van der Waals surface area contributed by atoms with E-state index in [-0.39, 0.29) is 5.92 Å². The van der Waals surface area contributed by atoms with Crippen molar-refractivity contribution in [1.29, 1.82) is 0 Å². The average molecular weight is 180 g/mol. The standard InChI is InChI=1S/C10H16N2O/c1-2-8(6-11)10(13)9-4-3-5-12-7-9/h3-5,7-8,10,13H,2,6,11H2,1H3. The van der Waals surface area contributed by atoms with Gasteiger partial charge in [-0.3, -0.25) is 4.98 Å². The van der Waals surface area contributed by atoms with Gasteiger partial charge in [-0.25, -0.2) is 0 Å². The van der Waals surface area contributed by atoms with E-state index in [0.717, 1.165) is 12.0 Å².